The van der Waals surface area contributed by atoms with E-state index in [-0.39, 0.29) is 11.8 Å². The van der Waals surface area contributed by atoms with E-state index in [1.54, 1.807) is 28.4 Å². The van der Waals surface area contributed by atoms with Gasteiger partial charge in [-0.3, -0.25) is 9.59 Å². The normalized spacial score (nSPS) is 14.5. The second kappa shape index (κ2) is 9.67. The molecule has 2 aromatic carbocycles. The molecule has 154 valence electrons. The van der Waals surface area contributed by atoms with Crippen LogP contribution in [0.1, 0.15) is 23.4 Å². The summed E-state index contributed by atoms with van der Waals surface area (Å²) in [4.78, 5) is 33.2. The molecule has 2 amide bonds. The van der Waals surface area contributed by atoms with E-state index in [0.717, 1.165) is 28.1 Å². The van der Waals surface area contributed by atoms with Gasteiger partial charge in [0.2, 0.25) is 11.8 Å². The van der Waals surface area contributed by atoms with Crippen LogP contribution in [0.3, 0.4) is 0 Å². The smallest absolute Gasteiger partial charge is 0.246 e. The van der Waals surface area contributed by atoms with Crippen molar-refractivity contribution in [3.05, 3.63) is 71.2 Å². The lowest BCUT2D eigenvalue weighted by atomic mass is 10.1. The average molecular weight is 420 g/mol. The third-order valence-corrected chi connectivity index (χ3v) is 6.32. The van der Waals surface area contributed by atoms with E-state index in [0.29, 0.717) is 32.6 Å². The summed E-state index contributed by atoms with van der Waals surface area (Å²) in [6.07, 6.45) is 5.71. The first-order chi connectivity index (χ1) is 14.7. The summed E-state index contributed by atoms with van der Waals surface area (Å²) in [6.45, 7) is 2.36. The second-order valence-corrected chi connectivity index (χ2v) is 8.46. The fourth-order valence-corrected chi connectivity index (χ4v) is 4.50. The van der Waals surface area contributed by atoms with E-state index >= 15 is 0 Å². The molecule has 0 saturated carbocycles. The van der Waals surface area contributed by atoms with E-state index in [2.05, 4.69) is 17.1 Å². The van der Waals surface area contributed by atoms with Gasteiger partial charge in [0.1, 0.15) is 5.01 Å². The predicted molar refractivity (Wildman–Crippen MR) is 121 cm³/mol. The third-order valence-electron chi connectivity index (χ3n) is 5.32. The van der Waals surface area contributed by atoms with Crippen molar-refractivity contribution >= 4 is 39.4 Å². The number of para-hydroxylation sites is 1. The lowest BCUT2D eigenvalue weighted by Crippen LogP contribution is -2.50. The highest BCUT2D eigenvalue weighted by molar-refractivity contribution is 7.19. The summed E-state index contributed by atoms with van der Waals surface area (Å²) < 4.78 is 1.11. The van der Waals surface area contributed by atoms with Gasteiger partial charge in [-0.15, -0.1) is 11.3 Å². The summed E-state index contributed by atoms with van der Waals surface area (Å²) in [5, 5.41) is 0.830. The number of carbonyl (C=O) groups excluding carboxylic acids is 2. The van der Waals surface area contributed by atoms with Crippen LogP contribution in [-0.2, 0) is 16.0 Å². The Morgan fingerprint density at radius 1 is 0.933 bits per heavy atom. The summed E-state index contributed by atoms with van der Waals surface area (Å²) in [6, 6.07) is 18.2. The molecule has 0 atom stereocenters. The number of carbonyl (C=O) groups is 2. The highest BCUT2D eigenvalue weighted by Gasteiger charge is 2.22. The fourth-order valence-electron chi connectivity index (χ4n) is 3.63. The minimum absolute atomic E-state index is 0.0227. The molecule has 5 nitrogen and oxygen atoms in total. The molecule has 1 fully saturated rings. The van der Waals surface area contributed by atoms with Crippen molar-refractivity contribution < 1.29 is 9.59 Å². The molecule has 0 spiro atoms. The number of thiazole rings is 1. The number of nitrogens with zero attached hydrogens (tertiary/aromatic N) is 3. The molecule has 1 aliphatic heterocycles. The maximum Gasteiger partial charge on any atom is 0.246 e. The van der Waals surface area contributed by atoms with Crippen molar-refractivity contribution in [2.75, 3.05) is 26.2 Å². The molecule has 6 heteroatoms. The molecule has 0 radical (unpaired) electrons. The van der Waals surface area contributed by atoms with Gasteiger partial charge in [-0.25, -0.2) is 4.98 Å². The lowest BCUT2D eigenvalue weighted by Gasteiger charge is -2.34. The monoisotopic (exact) mass is 419 g/mol. The van der Waals surface area contributed by atoms with Crippen LogP contribution in [0, 0.1) is 0 Å². The minimum Gasteiger partial charge on any atom is -0.339 e. The zero-order chi connectivity index (χ0) is 20.8. The lowest BCUT2D eigenvalue weighted by molar-refractivity contribution is -0.137. The number of aryl methyl sites for hydroxylation is 1. The number of rotatable bonds is 6. The van der Waals surface area contributed by atoms with Gasteiger partial charge in [0.15, 0.2) is 0 Å². The standard InChI is InChI=1S/C24H25N3O2S/c28-23(12-6-9-19-7-2-1-3-8-19)26-15-17-27(18-16-26)24(29)14-13-22-25-20-10-4-5-11-21(20)30-22/h1-5,7-8,10-11,13-14H,6,9,12,15-18H2/b14-13+. The zero-order valence-corrected chi connectivity index (χ0v) is 17.7. The van der Waals surface area contributed by atoms with E-state index in [4.69, 9.17) is 0 Å². The Morgan fingerprint density at radius 3 is 2.40 bits per heavy atom. The van der Waals surface area contributed by atoms with Gasteiger partial charge in [-0.05, 0) is 36.6 Å². The molecule has 1 aliphatic rings. The molecule has 0 bridgehead atoms. The molecule has 4 rings (SSSR count). The topological polar surface area (TPSA) is 53.5 Å². The van der Waals surface area contributed by atoms with Crippen LogP contribution in [0.5, 0.6) is 0 Å². The van der Waals surface area contributed by atoms with Gasteiger partial charge in [0, 0.05) is 38.7 Å². The SMILES string of the molecule is O=C(/C=C/c1nc2ccccc2s1)N1CCN(C(=O)CCCc2ccccc2)CC1. The zero-order valence-electron chi connectivity index (χ0n) is 16.9. The van der Waals surface area contributed by atoms with Gasteiger partial charge >= 0.3 is 0 Å². The Kier molecular flexibility index (Phi) is 6.54. The van der Waals surface area contributed by atoms with E-state index < -0.39 is 0 Å². The van der Waals surface area contributed by atoms with Crippen LogP contribution < -0.4 is 0 Å². The first-order valence-electron chi connectivity index (χ1n) is 10.3. The van der Waals surface area contributed by atoms with Crippen LogP contribution in [0.4, 0.5) is 0 Å². The number of hydrogen-bond donors (Lipinski definition) is 0. The first-order valence-corrected chi connectivity index (χ1v) is 11.1. The number of hydrogen-bond acceptors (Lipinski definition) is 4. The van der Waals surface area contributed by atoms with Crippen LogP contribution in [-0.4, -0.2) is 52.8 Å². The molecule has 0 N–H and O–H groups in total. The Morgan fingerprint density at radius 2 is 1.63 bits per heavy atom. The van der Waals surface area contributed by atoms with Gasteiger partial charge in [0.25, 0.3) is 0 Å². The first kappa shape index (κ1) is 20.3. The van der Waals surface area contributed by atoms with Crippen molar-refractivity contribution in [3.63, 3.8) is 0 Å². The average Bonchev–Trinajstić information content (AvgIpc) is 3.21. The predicted octanol–water partition coefficient (Wildman–Crippen LogP) is 4.00. The fraction of sp³-hybridized carbons (Fsp3) is 0.292. The van der Waals surface area contributed by atoms with Crippen LogP contribution >= 0.6 is 11.3 Å². The van der Waals surface area contributed by atoms with Crippen molar-refractivity contribution in [1.29, 1.82) is 0 Å². The second-order valence-electron chi connectivity index (χ2n) is 7.40. The number of fused-ring (bicyclic) bond motifs is 1. The van der Waals surface area contributed by atoms with E-state index in [1.165, 1.54) is 5.56 Å². The largest absolute Gasteiger partial charge is 0.339 e. The van der Waals surface area contributed by atoms with Crippen LogP contribution in [0.2, 0.25) is 0 Å². The molecule has 3 aromatic rings. The molecular formula is C24H25N3O2S. The summed E-state index contributed by atoms with van der Waals surface area (Å²) >= 11 is 1.57. The van der Waals surface area contributed by atoms with Gasteiger partial charge < -0.3 is 9.80 Å². The molecule has 30 heavy (non-hydrogen) atoms. The van der Waals surface area contributed by atoms with Crippen molar-refractivity contribution in [1.82, 2.24) is 14.8 Å². The third kappa shape index (κ3) is 5.13. The number of benzene rings is 2. The van der Waals surface area contributed by atoms with E-state index in [1.807, 2.05) is 47.4 Å². The highest BCUT2D eigenvalue weighted by Crippen LogP contribution is 2.22. The van der Waals surface area contributed by atoms with Gasteiger partial charge in [-0.2, -0.15) is 0 Å². The Balaban J connectivity index is 1.22. The molecule has 2 heterocycles. The molecule has 1 saturated heterocycles. The quantitative estimate of drug-likeness (QED) is 0.568. The van der Waals surface area contributed by atoms with Crippen molar-refractivity contribution in [2.45, 2.75) is 19.3 Å². The van der Waals surface area contributed by atoms with Gasteiger partial charge in [0.05, 0.1) is 10.2 Å². The molecule has 1 aromatic heterocycles. The molecule has 0 unspecified atom stereocenters. The number of aromatic nitrogens is 1. The summed E-state index contributed by atoms with van der Waals surface area (Å²) in [5.74, 6) is 0.161. The molecular weight excluding hydrogens is 394 g/mol. The maximum atomic E-state index is 12.5. The van der Waals surface area contributed by atoms with Crippen LogP contribution in [0.25, 0.3) is 16.3 Å². The van der Waals surface area contributed by atoms with Crippen molar-refractivity contribution in [3.8, 4) is 0 Å². The van der Waals surface area contributed by atoms with Crippen molar-refractivity contribution in [2.24, 2.45) is 0 Å². The Bertz CT molecular complexity index is 1000. The molecule has 0 aliphatic carbocycles. The maximum absolute atomic E-state index is 12.5. The number of amides is 2. The summed E-state index contributed by atoms with van der Waals surface area (Å²) in [7, 11) is 0. The van der Waals surface area contributed by atoms with Gasteiger partial charge in [-0.1, -0.05) is 42.5 Å². The van der Waals surface area contributed by atoms with E-state index in [9.17, 15) is 9.59 Å². The Hall–Kier alpha value is -2.99. The highest BCUT2D eigenvalue weighted by atomic mass is 32.1. The number of piperazine rings is 1. The summed E-state index contributed by atoms with van der Waals surface area (Å²) in [5.41, 5.74) is 2.22. The Labute approximate surface area is 180 Å². The van der Waals surface area contributed by atoms with Crippen LogP contribution in [0.15, 0.2) is 60.7 Å². The minimum atomic E-state index is -0.0227.